The van der Waals surface area contributed by atoms with Crippen LogP contribution < -0.4 is 0 Å². The molecule has 0 amide bonds. The Morgan fingerprint density at radius 1 is 0.386 bits per heavy atom. The van der Waals surface area contributed by atoms with Crippen molar-refractivity contribution in [1.29, 1.82) is 0 Å². The smallest absolute Gasteiger partial charge is 0.0187 e. The minimum Gasteiger partial charge on any atom is -0.0654 e. The van der Waals surface area contributed by atoms with E-state index in [1.54, 1.807) is 0 Å². The lowest BCUT2D eigenvalue weighted by molar-refractivity contribution is 0.487. The molecule has 0 atom stereocenters. The molecule has 0 heterocycles. The number of hydrogen-bond acceptors (Lipinski definition) is 0. The zero-order valence-corrected chi connectivity index (χ0v) is 25.9. The van der Waals surface area contributed by atoms with Gasteiger partial charge in [0.05, 0.1) is 0 Å². The van der Waals surface area contributed by atoms with Gasteiger partial charge in [-0.3, -0.25) is 0 Å². The van der Waals surface area contributed by atoms with Gasteiger partial charge < -0.3 is 0 Å². The summed E-state index contributed by atoms with van der Waals surface area (Å²) in [6, 6.07) is 53.8. The first-order valence-electron chi connectivity index (χ1n) is 16.3. The highest BCUT2D eigenvalue weighted by Gasteiger charge is 2.39. The largest absolute Gasteiger partial charge is 0.0654 e. The Morgan fingerprint density at radius 2 is 0.795 bits per heavy atom. The van der Waals surface area contributed by atoms with Gasteiger partial charge in [0.2, 0.25) is 0 Å². The van der Waals surface area contributed by atoms with Gasteiger partial charge in [0, 0.05) is 5.41 Å². The summed E-state index contributed by atoms with van der Waals surface area (Å²) in [6.07, 6.45) is 6.22. The molecule has 216 valence electrons. The Morgan fingerprint density at radius 3 is 1.23 bits per heavy atom. The van der Waals surface area contributed by atoms with Gasteiger partial charge in [0.1, 0.15) is 0 Å². The SMILES string of the molecule is CCCCCCC1(C)c2cc(-c3ccccc3-c3ccccc3)ccc2-c2ccc(-c3ccccc3-c3ccccc3)cc21. The first-order chi connectivity index (χ1) is 21.7. The molecule has 6 aromatic rings. The van der Waals surface area contributed by atoms with Gasteiger partial charge in [-0.25, -0.2) is 0 Å². The Balaban J connectivity index is 1.35. The summed E-state index contributed by atoms with van der Waals surface area (Å²) in [5.41, 5.74) is 15.9. The maximum atomic E-state index is 2.51. The zero-order chi connectivity index (χ0) is 29.9. The lowest BCUT2D eigenvalue weighted by Crippen LogP contribution is -2.21. The average molecular weight is 569 g/mol. The fraction of sp³-hybridized carbons (Fsp3) is 0.182. The monoisotopic (exact) mass is 568 g/mol. The summed E-state index contributed by atoms with van der Waals surface area (Å²) < 4.78 is 0. The van der Waals surface area contributed by atoms with Crippen LogP contribution in [-0.2, 0) is 5.41 Å². The van der Waals surface area contributed by atoms with Crippen LogP contribution in [0.25, 0.3) is 55.6 Å². The molecule has 0 heteroatoms. The first kappa shape index (κ1) is 28.1. The summed E-state index contributed by atoms with van der Waals surface area (Å²) in [5.74, 6) is 0. The Bertz CT molecular complexity index is 1760. The van der Waals surface area contributed by atoms with Crippen molar-refractivity contribution in [3.05, 3.63) is 157 Å². The van der Waals surface area contributed by atoms with Crippen LogP contribution in [0, 0.1) is 0 Å². The van der Waals surface area contributed by atoms with E-state index < -0.39 is 0 Å². The number of unbranched alkanes of at least 4 members (excludes halogenated alkanes) is 3. The van der Waals surface area contributed by atoms with Crippen molar-refractivity contribution < 1.29 is 0 Å². The number of rotatable bonds is 9. The molecular weight excluding hydrogens is 528 g/mol. The molecule has 1 aliphatic rings. The second-order valence-corrected chi connectivity index (χ2v) is 12.5. The molecule has 6 aromatic carbocycles. The van der Waals surface area contributed by atoms with Crippen LogP contribution in [0.4, 0.5) is 0 Å². The lowest BCUT2D eigenvalue weighted by Gasteiger charge is -2.29. The van der Waals surface area contributed by atoms with E-state index in [4.69, 9.17) is 0 Å². The molecule has 0 aromatic heterocycles. The maximum Gasteiger partial charge on any atom is 0.0187 e. The molecule has 0 fully saturated rings. The second kappa shape index (κ2) is 12.1. The molecule has 7 rings (SSSR count). The van der Waals surface area contributed by atoms with Gasteiger partial charge >= 0.3 is 0 Å². The van der Waals surface area contributed by atoms with Crippen molar-refractivity contribution in [1.82, 2.24) is 0 Å². The van der Waals surface area contributed by atoms with Gasteiger partial charge in [-0.15, -0.1) is 0 Å². The highest BCUT2D eigenvalue weighted by Crippen LogP contribution is 2.53. The van der Waals surface area contributed by atoms with E-state index in [2.05, 4.69) is 159 Å². The number of benzene rings is 6. The molecule has 0 saturated heterocycles. The van der Waals surface area contributed by atoms with Crippen LogP contribution in [0.5, 0.6) is 0 Å². The van der Waals surface area contributed by atoms with E-state index >= 15 is 0 Å². The predicted octanol–water partition coefficient (Wildman–Crippen LogP) is 12.6. The predicted molar refractivity (Wildman–Crippen MR) is 189 cm³/mol. The van der Waals surface area contributed by atoms with E-state index in [1.165, 1.54) is 92.4 Å². The molecule has 0 radical (unpaired) electrons. The number of hydrogen-bond donors (Lipinski definition) is 0. The Hall–Kier alpha value is -4.68. The lowest BCUT2D eigenvalue weighted by atomic mass is 9.74. The van der Waals surface area contributed by atoms with E-state index in [0.29, 0.717) is 0 Å². The fourth-order valence-electron chi connectivity index (χ4n) is 7.33. The van der Waals surface area contributed by atoms with Crippen LogP contribution in [0.1, 0.15) is 57.1 Å². The summed E-state index contributed by atoms with van der Waals surface area (Å²) in [4.78, 5) is 0. The Kier molecular flexibility index (Phi) is 7.75. The van der Waals surface area contributed by atoms with E-state index in [1.807, 2.05) is 0 Å². The molecule has 0 aliphatic heterocycles. The van der Waals surface area contributed by atoms with Crippen LogP contribution in [0.15, 0.2) is 146 Å². The summed E-state index contributed by atoms with van der Waals surface area (Å²) in [6.45, 7) is 4.80. The van der Waals surface area contributed by atoms with Crippen molar-refractivity contribution in [2.24, 2.45) is 0 Å². The first-order valence-corrected chi connectivity index (χ1v) is 16.3. The molecule has 44 heavy (non-hydrogen) atoms. The van der Waals surface area contributed by atoms with Crippen LogP contribution in [0.2, 0.25) is 0 Å². The van der Waals surface area contributed by atoms with E-state index in [0.717, 1.165) is 6.42 Å². The van der Waals surface area contributed by atoms with Gasteiger partial charge in [-0.2, -0.15) is 0 Å². The third-order valence-electron chi connectivity index (χ3n) is 9.69. The zero-order valence-electron chi connectivity index (χ0n) is 25.9. The fourth-order valence-corrected chi connectivity index (χ4v) is 7.33. The topological polar surface area (TPSA) is 0 Å². The molecule has 0 spiro atoms. The van der Waals surface area contributed by atoms with Crippen molar-refractivity contribution in [3.63, 3.8) is 0 Å². The van der Waals surface area contributed by atoms with Gasteiger partial charge in [0.15, 0.2) is 0 Å². The van der Waals surface area contributed by atoms with Crippen molar-refractivity contribution in [3.8, 4) is 55.6 Å². The standard InChI is InChI=1S/C44H40/c1-3-4-5-16-29-44(2)42-30-34(38-23-14-12-21-36(38)32-17-8-6-9-18-32)25-27-40(42)41-28-26-35(31-43(41)44)39-24-15-13-22-37(39)33-19-10-7-11-20-33/h6-15,17-28,30-31H,3-5,16,29H2,1-2H3. The molecule has 0 unspecified atom stereocenters. The normalized spacial score (nSPS) is 13.0. The van der Waals surface area contributed by atoms with Gasteiger partial charge in [-0.05, 0) is 85.3 Å². The molecule has 1 aliphatic carbocycles. The summed E-state index contributed by atoms with van der Waals surface area (Å²) in [5, 5.41) is 0. The molecule has 0 bridgehead atoms. The average Bonchev–Trinajstić information content (AvgIpc) is 3.34. The highest BCUT2D eigenvalue weighted by molar-refractivity contribution is 5.91. The van der Waals surface area contributed by atoms with Crippen LogP contribution in [-0.4, -0.2) is 0 Å². The third kappa shape index (κ3) is 5.09. The summed E-state index contributed by atoms with van der Waals surface area (Å²) >= 11 is 0. The maximum absolute atomic E-state index is 2.51. The molecular formula is C44H40. The van der Waals surface area contributed by atoms with Gasteiger partial charge in [0.25, 0.3) is 0 Å². The van der Waals surface area contributed by atoms with Gasteiger partial charge in [-0.1, -0.05) is 173 Å². The molecule has 0 saturated carbocycles. The number of fused-ring (bicyclic) bond motifs is 3. The minimum absolute atomic E-state index is 0.0478. The third-order valence-corrected chi connectivity index (χ3v) is 9.69. The quantitative estimate of drug-likeness (QED) is 0.152. The second-order valence-electron chi connectivity index (χ2n) is 12.5. The van der Waals surface area contributed by atoms with Crippen molar-refractivity contribution in [2.75, 3.05) is 0 Å². The highest BCUT2D eigenvalue weighted by atomic mass is 14.4. The van der Waals surface area contributed by atoms with Crippen molar-refractivity contribution in [2.45, 2.75) is 51.4 Å². The summed E-state index contributed by atoms with van der Waals surface area (Å²) in [7, 11) is 0. The van der Waals surface area contributed by atoms with Crippen LogP contribution >= 0.6 is 0 Å². The molecule has 0 nitrogen and oxygen atoms in total. The molecule has 0 N–H and O–H groups in total. The Labute approximate surface area is 263 Å². The van der Waals surface area contributed by atoms with Crippen molar-refractivity contribution >= 4 is 0 Å². The van der Waals surface area contributed by atoms with E-state index in [-0.39, 0.29) is 5.41 Å². The minimum atomic E-state index is -0.0478. The van der Waals surface area contributed by atoms with Crippen LogP contribution in [0.3, 0.4) is 0 Å². The van der Waals surface area contributed by atoms with E-state index in [9.17, 15) is 0 Å².